The van der Waals surface area contributed by atoms with Crippen molar-refractivity contribution in [3.05, 3.63) is 75.6 Å². The van der Waals surface area contributed by atoms with E-state index in [0.29, 0.717) is 44.0 Å². The van der Waals surface area contributed by atoms with Crippen LogP contribution < -0.4 is 0 Å². The lowest BCUT2D eigenvalue weighted by Crippen LogP contribution is -2.47. The largest absolute Gasteiger partial charge is 0.379 e. The molecule has 2 aromatic rings. The van der Waals surface area contributed by atoms with Crippen LogP contribution in [0.25, 0.3) is 0 Å². The van der Waals surface area contributed by atoms with Gasteiger partial charge in [-0.15, -0.1) is 0 Å². The van der Waals surface area contributed by atoms with Crippen molar-refractivity contribution in [1.29, 1.82) is 0 Å². The van der Waals surface area contributed by atoms with E-state index in [4.69, 9.17) is 4.74 Å². The molecule has 0 bridgehead atoms. The molecule has 0 unspecified atom stereocenters. The Labute approximate surface area is 232 Å². The maximum Gasteiger partial charge on any atom is 0.269 e. The molecule has 2 aromatic carbocycles. The van der Waals surface area contributed by atoms with Gasteiger partial charge in [0.05, 0.1) is 29.9 Å². The molecular weight excluding hydrogens is 517 g/mol. The van der Waals surface area contributed by atoms with Crippen molar-refractivity contribution in [1.82, 2.24) is 14.8 Å². The monoisotopic (exact) mass is 551 g/mol. The Hall–Kier alpha value is -3.70. The highest BCUT2D eigenvalue weighted by Crippen LogP contribution is 2.34. The second-order valence-corrected chi connectivity index (χ2v) is 10.6. The summed E-state index contributed by atoms with van der Waals surface area (Å²) in [5.41, 5.74) is 1.95. The summed E-state index contributed by atoms with van der Waals surface area (Å²) in [6.07, 6.45) is 4.07. The lowest BCUT2D eigenvalue weighted by Gasteiger charge is -2.32. The number of hydrogen-bond acceptors (Lipinski definition) is 7. The number of carbonyl (C=O) groups excluding carboxylic acids is 2. The lowest BCUT2D eigenvalue weighted by atomic mass is 9.98. The highest BCUT2D eigenvalue weighted by molar-refractivity contribution is 6.03. The number of nitro benzene ring substituents is 1. The van der Waals surface area contributed by atoms with Crippen molar-refractivity contribution in [3.63, 3.8) is 0 Å². The van der Waals surface area contributed by atoms with E-state index in [-0.39, 0.29) is 35.8 Å². The average molecular weight is 552 g/mol. The normalized spacial score (nSPS) is 20.0. The third kappa shape index (κ3) is 6.53. The van der Waals surface area contributed by atoms with Crippen LogP contribution >= 0.6 is 0 Å². The second kappa shape index (κ2) is 12.6. The van der Waals surface area contributed by atoms with Crippen LogP contribution in [0, 0.1) is 21.8 Å². The number of non-ortho nitro benzene ring substituents is 1. The minimum absolute atomic E-state index is 0.0104. The third-order valence-corrected chi connectivity index (χ3v) is 7.96. The fraction of sp³-hybridized carbons (Fsp3) is 0.483. The molecule has 1 aliphatic carbocycles. The Morgan fingerprint density at radius 2 is 1.73 bits per heavy atom. The predicted molar refractivity (Wildman–Crippen MR) is 146 cm³/mol. The summed E-state index contributed by atoms with van der Waals surface area (Å²) in [7, 11) is 0. The topological polar surface area (TPSA) is 109 Å². The van der Waals surface area contributed by atoms with Gasteiger partial charge in [0.25, 0.3) is 11.6 Å². The van der Waals surface area contributed by atoms with E-state index in [0.717, 1.165) is 44.3 Å². The molecule has 2 fully saturated rings. The first-order chi connectivity index (χ1) is 19.4. The number of morpholine rings is 1. The smallest absolute Gasteiger partial charge is 0.269 e. The molecule has 40 heavy (non-hydrogen) atoms. The van der Waals surface area contributed by atoms with Gasteiger partial charge in [-0.2, -0.15) is 5.10 Å². The molecule has 2 heterocycles. The van der Waals surface area contributed by atoms with Crippen LogP contribution in [-0.2, 0) is 14.3 Å². The summed E-state index contributed by atoms with van der Waals surface area (Å²) in [5, 5.41) is 17.1. The molecule has 0 N–H and O–H groups in total. The van der Waals surface area contributed by atoms with Gasteiger partial charge in [-0.3, -0.25) is 24.6 Å². The Bertz CT molecular complexity index is 1240. The van der Waals surface area contributed by atoms with E-state index < -0.39 is 11.0 Å². The number of ether oxygens (including phenoxy) is 1. The summed E-state index contributed by atoms with van der Waals surface area (Å²) in [4.78, 5) is 41.9. The third-order valence-electron chi connectivity index (χ3n) is 7.96. The van der Waals surface area contributed by atoms with Crippen LogP contribution in [-0.4, -0.2) is 83.2 Å². The molecule has 5 rings (SSSR count). The second-order valence-electron chi connectivity index (χ2n) is 10.6. The van der Waals surface area contributed by atoms with Crippen LogP contribution in [0.4, 0.5) is 10.1 Å². The first kappa shape index (κ1) is 27.9. The molecule has 0 radical (unpaired) electrons. The lowest BCUT2D eigenvalue weighted by molar-refractivity contribution is -0.384. The van der Waals surface area contributed by atoms with Crippen LogP contribution in [0.3, 0.4) is 0 Å². The maximum atomic E-state index is 13.8. The Balaban J connectivity index is 1.38. The predicted octanol–water partition coefficient (Wildman–Crippen LogP) is 3.76. The number of carbonyl (C=O) groups is 2. The number of rotatable bonds is 9. The van der Waals surface area contributed by atoms with Crippen molar-refractivity contribution in [2.45, 2.75) is 38.1 Å². The molecule has 11 heteroatoms. The van der Waals surface area contributed by atoms with Crippen LogP contribution in [0.2, 0.25) is 0 Å². The van der Waals surface area contributed by atoms with Gasteiger partial charge in [-0.25, -0.2) is 9.40 Å². The van der Waals surface area contributed by atoms with Crippen molar-refractivity contribution in [2.24, 2.45) is 11.0 Å². The van der Waals surface area contributed by atoms with Gasteiger partial charge in [-0.1, -0.05) is 25.0 Å². The number of nitrogens with zero attached hydrogens (tertiary/aromatic N) is 5. The van der Waals surface area contributed by atoms with Gasteiger partial charge in [0.15, 0.2) is 0 Å². The number of halogens is 1. The summed E-state index contributed by atoms with van der Waals surface area (Å²) >= 11 is 0. The highest BCUT2D eigenvalue weighted by atomic mass is 19.1. The maximum absolute atomic E-state index is 13.8. The van der Waals surface area contributed by atoms with Crippen LogP contribution in [0.15, 0.2) is 53.6 Å². The highest BCUT2D eigenvalue weighted by Gasteiger charge is 2.36. The van der Waals surface area contributed by atoms with Gasteiger partial charge in [0.1, 0.15) is 12.4 Å². The summed E-state index contributed by atoms with van der Waals surface area (Å²) in [5.74, 6) is -0.758. The number of nitro groups is 1. The van der Waals surface area contributed by atoms with Gasteiger partial charge >= 0.3 is 0 Å². The first-order valence-electron chi connectivity index (χ1n) is 13.9. The van der Waals surface area contributed by atoms with Crippen molar-refractivity contribution in [2.75, 3.05) is 45.9 Å². The molecule has 1 saturated heterocycles. The number of benzene rings is 2. The molecular formula is C29H34FN5O5. The molecule has 3 aliphatic rings. The molecule has 2 aliphatic heterocycles. The van der Waals surface area contributed by atoms with Crippen LogP contribution in [0.1, 0.15) is 49.3 Å². The van der Waals surface area contributed by atoms with Gasteiger partial charge in [0, 0.05) is 50.7 Å². The van der Waals surface area contributed by atoms with E-state index in [1.165, 1.54) is 29.3 Å². The Morgan fingerprint density at radius 3 is 2.38 bits per heavy atom. The number of hydrazone groups is 1. The van der Waals surface area contributed by atoms with Gasteiger partial charge < -0.3 is 9.64 Å². The van der Waals surface area contributed by atoms with E-state index in [9.17, 15) is 24.1 Å². The Kier molecular flexibility index (Phi) is 8.81. The molecule has 212 valence electrons. The fourth-order valence-electron chi connectivity index (χ4n) is 5.66. The zero-order valence-electron chi connectivity index (χ0n) is 22.4. The quantitative estimate of drug-likeness (QED) is 0.347. The first-order valence-corrected chi connectivity index (χ1v) is 13.9. The minimum Gasteiger partial charge on any atom is -0.379 e. The molecule has 10 nitrogen and oxygen atoms in total. The van der Waals surface area contributed by atoms with E-state index in [2.05, 4.69) is 10.0 Å². The summed E-state index contributed by atoms with van der Waals surface area (Å²) in [6, 6.07) is 11.5. The Morgan fingerprint density at radius 1 is 1.05 bits per heavy atom. The van der Waals surface area contributed by atoms with Gasteiger partial charge in [0.2, 0.25) is 5.91 Å². The van der Waals surface area contributed by atoms with E-state index >= 15 is 0 Å². The fourth-order valence-corrected chi connectivity index (χ4v) is 5.66. The molecule has 2 amide bonds. The molecule has 1 atom stereocenters. The molecule has 1 saturated carbocycles. The van der Waals surface area contributed by atoms with Gasteiger partial charge in [-0.05, 0) is 48.2 Å². The van der Waals surface area contributed by atoms with Crippen LogP contribution in [0.5, 0.6) is 0 Å². The van der Waals surface area contributed by atoms with Crippen molar-refractivity contribution < 1.29 is 23.6 Å². The van der Waals surface area contributed by atoms with Crippen molar-refractivity contribution in [3.8, 4) is 0 Å². The minimum atomic E-state index is -0.485. The number of amides is 2. The molecule has 0 aromatic heterocycles. The average Bonchev–Trinajstić information content (AvgIpc) is 3.67. The van der Waals surface area contributed by atoms with Crippen molar-refractivity contribution >= 4 is 23.2 Å². The zero-order valence-corrected chi connectivity index (χ0v) is 22.4. The zero-order chi connectivity index (χ0) is 28.1. The molecule has 0 spiro atoms. The summed E-state index contributed by atoms with van der Waals surface area (Å²) < 4.78 is 19.1. The number of hydrogen-bond donors (Lipinski definition) is 0. The standard InChI is InChI=1S/C29H34FN5O5/c30-24-9-5-22(6-10-24)27-19-26(21-7-11-25(12-8-21)35(38)39)31-34(27)28(36)20-33(29(37)23-3-1-2-4-23)14-13-32-15-17-40-18-16-32/h5-12,23,27H,1-4,13-20H2/t27-/m0/s1. The van der Waals surface area contributed by atoms with E-state index in [1.54, 1.807) is 29.2 Å². The SMILES string of the molecule is O=C(C1CCCC1)N(CCN1CCOCC1)CC(=O)N1N=C(c2ccc([N+](=O)[O-])cc2)C[C@H]1c1ccc(F)cc1. The summed E-state index contributed by atoms with van der Waals surface area (Å²) in [6.45, 7) is 3.89. The van der Waals surface area contributed by atoms with E-state index in [1.807, 2.05) is 0 Å².